The van der Waals surface area contributed by atoms with Crippen molar-refractivity contribution in [2.75, 3.05) is 19.6 Å². The summed E-state index contributed by atoms with van der Waals surface area (Å²) in [5, 5.41) is 0.796. The Labute approximate surface area is 149 Å². The van der Waals surface area contributed by atoms with E-state index in [1.165, 1.54) is 11.1 Å². The third kappa shape index (κ3) is 4.18. The molecule has 1 heterocycles. The number of fused-ring (bicyclic) bond motifs is 1. The van der Waals surface area contributed by atoms with E-state index in [4.69, 9.17) is 0 Å². The lowest BCUT2D eigenvalue weighted by Gasteiger charge is -2.18. The largest absolute Gasteiger partial charge is 0.343 e. The van der Waals surface area contributed by atoms with Crippen LogP contribution >= 0.6 is 0 Å². The van der Waals surface area contributed by atoms with Crippen molar-refractivity contribution in [1.82, 2.24) is 9.47 Å². The van der Waals surface area contributed by atoms with Crippen LogP contribution in [-0.4, -0.2) is 29.1 Å². The van der Waals surface area contributed by atoms with E-state index in [2.05, 4.69) is 59.7 Å². The molecule has 0 saturated heterocycles. The molecule has 0 N–H and O–H groups in total. The smallest absolute Gasteiger partial charge is 0.189 e. The summed E-state index contributed by atoms with van der Waals surface area (Å²) in [7, 11) is 0. The van der Waals surface area contributed by atoms with Gasteiger partial charge >= 0.3 is 0 Å². The van der Waals surface area contributed by atoms with Crippen molar-refractivity contribution in [2.45, 2.75) is 26.8 Å². The molecule has 0 aliphatic carbocycles. The van der Waals surface area contributed by atoms with E-state index in [1.54, 1.807) is 6.07 Å². The molecular formula is C22H26N2O. The number of hydrogen-bond donors (Lipinski definition) is 0. The lowest BCUT2D eigenvalue weighted by Crippen LogP contribution is -2.25. The van der Waals surface area contributed by atoms with Gasteiger partial charge in [-0.1, -0.05) is 50.2 Å². The van der Waals surface area contributed by atoms with Gasteiger partial charge in [0.15, 0.2) is 5.43 Å². The molecule has 0 atom stereocenters. The number of benzene rings is 2. The predicted octanol–water partition coefficient (Wildman–Crippen LogP) is 3.93. The molecule has 0 radical (unpaired) electrons. The van der Waals surface area contributed by atoms with Crippen molar-refractivity contribution >= 4 is 10.9 Å². The molecule has 3 rings (SSSR count). The minimum Gasteiger partial charge on any atom is -0.343 e. The molecule has 1 aromatic heterocycles. The predicted molar refractivity (Wildman–Crippen MR) is 105 cm³/mol. The van der Waals surface area contributed by atoms with Crippen LogP contribution in [0.25, 0.3) is 10.9 Å². The molecule has 130 valence electrons. The fraction of sp³-hybridized carbons (Fsp3) is 0.318. The second-order valence-electron chi connectivity index (χ2n) is 6.42. The number of hydrogen-bond acceptors (Lipinski definition) is 2. The summed E-state index contributed by atoms with van der Waals surface area (Å²) in [5.74, 6) is 0. The van der Waals surface area contributed by atoms with Crippen LogP contribution in [-0.2, 0) is 13.0 Å². The number of likely N-dealkylation sites (N-methyl/N-ethyl adjacent to an activating group) is 1. The van der Waals surface area contributed by atoms with E-state index in [-0.39, 0.29) is 5.43 Å². The standard InChI is InChI=1S/C22H26N2O/c1-3-23(4-2)14-12-18-10-11-20-21(16-18)24(15-13-22(20)25)17-19-8-6-5-7-9-19/h5-11,13,15-16H,3-4,12,14,17H2,1-2H3. The molecule has 0 amide bonds. The van der Waals surface area contributed by atoms with Crippen molar-refractivity contribution in [3.63, 3.8) is 0 Å². The molecule has 2 aromatic carbocycles. The summed E-state index contributed by atoms with van der Waals surface area (Å²) < 4.78 is 2.17. The normalized spacial score (nSPS) is 11.3. The Kier molecular flexibility index (Phi) is 5.67. The number of aromatic nitrogens is 1. The molecule has 0 aliphatic heterocycles. The van der Waals surface area contributed by atoms with Crippen LogP contribution in [0.1, 0.15) is 25.0 Å². The zero-order valence-electron chi connectivity index (χ0n) is 15.1. The van der Waals surface area contributed by atoms with E-state index < -0.39 is 0 Å². The van der Waals surface area contributed by atoms with Crippen molar-refractivity contribution in [2.24, 2.45) is 0 Å². The molecule has 25 heavy (non-hydrogen) atoms. The van der Waals surface area contributed by atoms with Crippen LogP contribution in [0.4, 0.5) is 0 Å². The minimum absolute atomic E-state index is 0.0922. The highest BCUT2D eigenvalue weighted by molar-refractivity contribution is 5.79. The van der Waals surface area contributed by atoms with Crippen LogP contribution in [0.15, 0.2) is 65.6 Å². The van der Waals surface area contributed by atoms with Crippen LogP contribution in [0.3, 0.4) is 0 Å². The zero-order valence-corrected chi connectivity index (χ0v) is 15.1. The van der Waals surface area contributed by atoms with E-state index >= 15 is 0 Å². The lowest BCUT2D eigenvalue weighted by atomic mass is 10.1. The van der Waals surface area contributed by atoms with Crippen LogP contribution in [0.5, 0.6) is 0 Å². The summed E-state index contributed by atoms with van der Waals surface area (Å²) in [6.45, 7) is 8.36. The molecule has 0 saturated carbocycles. The van der Waals surface area contributed by atoms with Crippen LogP contribution in [0.2, 0.25) is 0 Å². The van der Waals surface area contributed by atoms with E-state index in [0.717, 1.165) is 43.5 Å². The van der Waals surface area contributed by atoms with Crippen LogP contribution < -0.4 is 5.43 Å². The SMILES string of the molecule is CCN(CC)CCc1ccc2c(=O)ccn(Cc3ccccc3)c2c1. The molecular weight excluding hydrogens is 308 g/mol. The fourth-order valence-corrected chi connectivity index (χ4v) is 3.25. The minimum atomic E-state index is 0.0922. The first kappa shape index (κ1) is 17.4. The summed E-state index contributed by atoms with van der Waals surface area (Å²) in [5.41, 5.74) is 3.64. The Morgan fingerprint density at radius 3 is 2.40 bits per heavy atom. The zero-order chi connectivity index (χ0) is 17.6. The Hall–Kier alpha value is -2.39. The van der Waals surface area contributed by atoms with Gasteiger partial charge in [-0.2, -0.15) is 0 Å². The Morgan fingerprint density at radius 1 is 0.920 bits per heavy atom. The van der Waals surface area contributed by atoms with Gasteiger partial charge in [-0.15, -0.1) is 0 Å². The Balaban J connectivity index is 1.93. The maximum absolute atomic E-state index is 12.2. The first-order valence-corrected chi connectivity index (χ1v) is 9.09. The summed E-state index contributed by atoms with van der Waals surface area (Å²) >= 11 is 0. The first-order valence-electron chi connectivity index (χ1n) is 9.09. The van der Waals surface area contributed by atoms with Crippen molar-refractivity contribution < 1.29 is 0 Å². The second kappa shape index (κ2) is 8.13. The maximum Gasteiger partial charge on any atom is 0.189 e. The van der Waals surface area contributed by atoms with E-state index in [9.17, 15) is 4.79 Å². The average Bonchev–Trinajstić information content (AvgIpc) is 2.66. The summed E-state index contributed by atoms with van der Waals surface area (Å²) in [4.78, 5) is 14.7. The molecule has 0 aliphatic rings. The Bertz CT molecular complexity index is 879. The highest BCUT2D eigenvalue weighted by Crippen LogP contribution is 2.16. The summed E-state index contributed by atoms with van der Waals surface area (Å²) in [6.07, 6.45) is 2.91. The average molecular weight is 334 g/mol. The topological polar surface area (TPSA) is 25.2 Å². The van der Waals surface area contributed by atoms with E-state index in [1.807, 2.05) is 18.3 Å². The third-order valence-corrected chi connectivity index (χ3v) is 4.85. The monoisotopic (exact) mass is 334 g/mol. The molecule has 3 aromatic rings. The van der Waals surface area contributed by atoms with Gasteiger partial charge < -0.3 is 9.47 Å². The third-order valence-electron chi connectivity index (χ3n) is 4.85. The van der Waals surface area contributed by atoms with Gasteiger partial charge in [0.1, 0.15) is 0 Å². The van der Waals surface area contributed by atoms with Gasteiger partial charge in [0.25, 0.3) is 0 Å². The fourth-order valence-electron chi connectivity index (χ4n) is 3.25. The summed E-state index contributed by atoms with van der Waals surface area (Å²) in [6, 6.07) is 18.3. The number of nitrogens with zero attached hydrogens (tertiary/aromatic N) is 2. The quantitative estimate of drug-likeness (QED) is 0.654. The van der Waals surface area contributed by atoms with Gasteiger partial charge in [-0.25, -0.2) is 0 Å². The van der Waals surface area contributed by atoms with Crippen LogP contribution in [0, 0.1) is 0 Å². The molecule has 3 heteroatoms. The lowest BCUT2D eigenvalue weighted by molar-refractivity contribution is 0.308. The van der Waals surface area contributed by atoms with E-state index in [0.29, 0.717) is 0 Å². The molecule has 3 nitrogen and oxygen atoms in total. The Morgan fingerprint density at radius 2 is 1.68 bits per heavy atom. The van der Waals surface area contributed by atoms with Crippen molar-refractivity contribution in [1.29, 1.82) is 0 Å². The highest BCUT2D eigenvalue weighted by Gasteiger charge is 2.06. The van der Waals surface area contributed by atoms with Gasteiger partial charge in [0.2, 0.25) is 0 Å². The molecule has 0 spiro atoms. The van der Waals surface area contributed by atoms with Gasteiger partial charge in [0.05, 0.1) is 5.52 Å². The maximum atomic E-state index is 12.2. The number of pyridine rings is 1. The van der Waals surface area contributed by atoms with Gasteiger partial charge in [-0.05, 0) is 42.8 Å². The molecule has 0 fully saturated rings. The second-order valence-corrected chi connectivity index (χ2v) is 6.42. The molecule has 0 bridgehead atoms. The van der Waals surface area contributed by atoms with Crippen molar-refractivity contribution in [3.05, 3.63) is 82.1 Å². The first-order chi connectivity index (χ1) is 12.2. The van der Waals surface area contributed by atoms with Gasteiger partial charge in [-0.3, -0.25) is 4.79 Å². The van der Waals surface area contributed by atoms with Gasteiger partial charge in [0, 0.05) is 30.7 Å². The van der Waals surface area contributed by atoms with Crippen molar-refractivity contribution in [3.8, 4) is 0 Å². The number of rotatable bonds is 7. The molecule has 0 unspecified atom stereocenters. The highest BCUT2D eigenvalue weighted by atomic mass is 16.1.